The van der Waals surface area contributed by atoms with Gasteiger partial charge in [0.25, 0.3) is 11.6 Å². The number of aryl methyl sites for hydroxylation is 1. The molecule has 0 aliphatic carbocycles. The van der Waals surface area contributed by atoms with E-state index in [-0.39, 0.29) is 36.4 Å². The number of aromatic nitrogens is 2. The van der Waals surface area contributed by atoms with Gasteiger partial charge in [0.15, 0.2) is 6.10 Å². The lowest BCUT2D eigenvalue weighted by Gasteiger charge is -2.16. The number of nitro benzene ring substituents is 1. The van der Waals surface area contributed by atoms with Crippen LogP contribution in [0.15, 0.2) is 47.0 Å². The molecular weight excluding hydrogens is 454 g/mol. The number of hydrogen-bond donors (Lipinski definition) is 2. The number of ether oxygens (including phenoxy) is 1. The van der Waals surface area contributed by atoms with E-state index in [1.807, 2.05) is 6.92 Å². The highest BCUT2D eigenvalue weighted by atomic mass is 35.5. The van der Waals surface area contributed by atoms with Crippen molar-refractivity contribution in [2.24, 2.45) is 0 Å². The summed E-state index contributed by atoms with van der Waals surface area (Å²) in [5.41, 5.74) is 1.19. The molecule has 0 aliphatic heterocycles. The van der Waals surface area contributed by atoms with Crippen molar-refractivity contribution in [1.82, 2.24) is 20.8 Å². The smallest absolute Gasteiger partial charge is 0.316 e. The lowest BCUT2D eigenvalue weighted by molar-refractivity contribution is -0.384. The van der Waals surface area contributed by atoms with Crippen molar-refractivity contribution in [3.63, 3.8) is 0 Å². The van der Waals surface area contributed by atoms with Crippen LogP contribution >= 0.6 is 11.6 Å². The summed E-state index contributed by atoms with van der Waals surface area (Å²) < 4.78 is 10.6. The molecule has 0 saturated carbocycles. The number of hydrogen-bond acceptors (Lipinski definition) is 8. The molecule has 3 rings (SSSR count). The van der Waals surface area contributed by atoms with Crippen LogP contribution in [-0.2, 0) is 4.79 Å². The molecule has 2 amide bonds. The third-order valence-corrected chi connectivity index (χ3v) is 4.71. The maximum atomic E-state index is 12.2. The molecular formula is C21H20ClN5O6. The third kappa shape index (κ3) is 6.26. The highest BCUT2D eigenvalue weighted by molar-refractivity contribution is 6.30. The van der Waals surface area contributed by atoms with Crippen LogP contribution in [-0.4, -0.2) is 46.1 Å². The summed E-state index contributed by atoms with van der Waals surface area (Å²) in [7, 11) is 0. The minimum absolute atomic E-state index is 0.0784. The fourth-order valence-electron chi connectivity index (χ4n) is 2.74. The number of nitrogens with zero attached hydrogens (tertiary/aromatic N) is 3. The number of amides is 2. The molecule has 0 saturated heterocycles. The molecule has 1 heterocycles. The van der Waals surface area contributed by atoms with Gasteiger partial charge in [0.05, 0.1) is 4.92 Å². The predicted octanol–water partition coefficient (Wildman–Crippen LogP) is 2.92. The summed E-state index contributed by atoms with van der Waals surface area (Å²) in [6.45, 7) is 3.71. The Labute approximate surface area is 193 Å². The SMILES string of the molecule is Cc1cc(Cl)ccc1OC(C)C(=O)NCCNC(=O)c1nc(-c2ccc([N+](=O)[O-])cc2)no1. The molecule has 12 heteroatoms. The topological polar surface area (TPSA) is 149 Å². The first kappa shape index (κ1) is 23.7. The minimum Gasteiger partial charge on any atom is -0.481 e. The first-order chi connectivity index (χ1) is 15.7. The van der Waals surface area contributed by atoms with Crippen LogP contribution in [0.1, 0.15) is 23.2 Å². The van der Waals surface area contributed by atoms with Gasteiger partial charge in [-0.15, -0.1) is 0 Å². The zero-order valence-electron chi connectivity index (χ0n) is 17.7. The van der Waals surface area contributed by atoms with Gasteiger partial charge in [-0.05, 0) is 49.7 Å². The number of benzene rings is 2. The van der Waals surface area contributed by atoms with Crippen molar-refractivity contribution in [2.45, 2.75) is 20.0 Å². The molecule has 33 heavy (non-hydrogen) atoms. The Morgan fingerprint density at radius 2 is 1.88 bits per heavy atom. The van der Waals surface area contributed by atoms with E-state index in [1.165, 1.54) is 24.3 Å². The van der Waals surface area contributed by atoms with Crippen molar-refractivity contribution in [3.05, 3.63) is 69.1 Å². The number of non-ortho nitro benzene ring substituents is 1. The summed E-state index contributed by atoms with van der Waals surface area (Å²) in [5.74, 6) is -0.574. The van der Waals surface area contributed by atoms with Gasteiger partial charge in [-0.2, -0.15) is 4.98 Å². The Hall–Kier alpha value is -3.99. The Kier molecular flexibility index (Phi) is 7.57. The average molecular weight is 474 g/mol. The van der Waals surface area contributed by atoms with Crippen LogP contribution in [0.5, 0.6) is 5.75 Å². The number of halogens is 1. The number of rotatable bonds is 9. The summed E-state index contributed by atoms with van der Waals surface area (Å²) in [6, 6.07) is 10.6. The molecule has 0 bridgehead atoms. The van der Waals surface area contributed by atoms with Gasteiger partial charge in [0.2, 0.25) is 5.82 Å². The zero-order valence-corrected chi connectivity index (χ0v) is 18.5. The Balaban J connectivity index is 1.44. The summed E-state index contributed by atoms with van der Waals surface area (Å²) in [6.07, 6.45) is -0.749. The van der Waals surface area contributed by atoms with Crippen LogP contribution in [0.3, 0.4) is 0 Å². The van der Waals surface area contributed by atoms with E-state index in [2.05, 4.69) is 20.8 Å². The van der Waals surface area contributed by atoms with Crippen LogP contribution in [0.25, 0.3) is 11.4 Å². The van der Waals surface area contributed by atoms with E-state index < -0.39 is 16.9 Å². The van der Waals surface area contributed by atoms with Gasteiger partial charge in [-0.25, -0.2) is 0 Å². The highest BCUT2D eigenvalue weighted by Crippen LogP contribution is 2.23. The molecule has 11 nitrogen and oxygen atoms in total. The minimum atomic E-state index is -0.749. The molecule has 0 aliphatic rings. The molecule has 1 atom stereocenters. The van der Waals surface area contributed by atoms with Crippen molar-refractivity contribution in [3.8, 4) is 17.1 Å². The summed E-state index contributed by atoms with van der Waals surface area (Å²) in [4.78, 5) is 38.6. The summed E-state index contributed by atoms with van der Waals surface area (Å²) in [5, 5.41) is 20.2. The molecule has 0 spiro atoms. The lowest BCUT2D eigenvalue weighted by atomic mass is 10.2. The Bertz CT molecular complexity index is 1160. The quantitative estimate of drug-likeness (QED) is 0.273. The fourth-order valence-corrected chi connectivity index (χ4v) is 2.96. The third-order valence-electron chi connectivity index (χ3n) is 4.48. The predicted molar refractivity (Wildman–Crippen MR) is 118 cm³/mol. The first-order valence-electron chi connectivity index (χ1n) is 9.82. The second-order valence-corrected chi connectivity index (χ2v) is 7.38. The Morgan fingerprint density at radius 3 is 2.55 bits per heavy atom. The standard InChI is InChI=1S/C21H20ClN5O6/c1-12-11-15(22)5-8-17(12)32-13(2)19(28)23-9-10-24-20(29)21-25-18(26-33-21)14-3-6-16(7-4-14)27(30)31/h3-8,11,13H,9-10H2,1-2H3,(H,23,28)(H,24,29). The largest absolute Gasteiger partial charge is 0.481 e. The van der Waals surface area contributed by atoms with Crippen LogP contribution in [0.2, 0.25) is 5.02 Å². The molecule has 2 N–H and O–H groups in total. The molecule has 2 aromatic carbocycles. The van der Waals surface area contributed by atoms with Gasteiger partial charge in [-0.3, -0.25) is 19.7 Å². The maximum absolute atomic E-state index is 12.2. The second kappa shape index (κ2) is 10.6. The molecule has 0 fully saturated rings. The van der Waals surface area contributed by atoms with Gasteiger partial charge in [0.1, 0.15) is 5.75 Å². The maximum Gasteiger partial charge on any atom is 0.316 e. The molecule has 3 aromatic rings. The number of carbonyl (C=O) groups is 2. The van der Waals surface area contributed by atoms with E-state index in [4.69, 9.17) is 20.9 Å². The van der Waals surface area contributed by atoms with Crippen molar-refractivity contribution < 1.29 is 23.8 Å². The van der Waals surface area contributed by atoms with Crippen molar-refractivity contribution in [2.75, 3.05) is 13.1 Å². The Morgan fingerprint density at radius 1 is 1.18 bits per heavy atom. The van der Waals surface area contributed by atoms with E-state index in [0.29, 0.717) is 16.3 Å². The lowest BCUT2D eigenvalue weighted by Crippen LogP contribution is -2.40. The number of nitro groups is 1. The summed E-state index contributed by atoms with van der Waals surface area (Å²) >= 11 is 5.91. The first-order valence-corrected chi connectivity index (χ1v) is 10.2. The van der Waals surface area contributed by atoms with Gasteiger partial charge in [0, 0.05) is 35.8 Å². The van der Waals surface area contributed by atoms with Crippen LogP contribution < -0.4 is 15.4 Å². The van der Waals surface area contributed by atoms with Gasteiger partial charge in [-0.1, -0.05) is 16.8 Å². The molecule has 172 valence electrons. The number of carbonyl (C=O) groups excluding carboxylic acids is 2. The van der Waals surface area contributed by atoms with E-state index in [1.54, 1.807) is 25.1 Å². The molecule has 1 unspecified atom stereocenters. The van der Waals surface area contributed by atoms with E-state index in [0.717, 1.165) is 5.56 Å². The number of nitrogens with one attached hydrogen (secondary N) is 2. The van der Waals surface area contributed by atoms with Crippen molar-refractivity contribution >= 4 is 29.1 Å². The van der Waals surface area contributed by atoms with Crippen LogP contribution in [0.4, 0.5) is 5.69 Å². The molecule has 0 radical (unpaired) electrons. The van der Waals surface area contributed by atoms with Gasteiger partial charge < -0.3 is 19.9 Å². The van der Waals surface area contributed by atoms with Gasteiger partial charge >= 0.3 is 11.8 Å². The van der Waals surface area contributed by atoms with E-state index >= 15 is 0 Å². The zero-order chi connectivity index (χ0) is 24.0. The van der Waals surface area contributed by atoms with Crippen molar-refractivity contribution in [1.29, 1.82) is 0 Å². The monoisotopic (exact) mass is 473 g/mol. The molecule has 1 aromatic heterocycles. The average Bonchev–Trinajstić information content (AvgIpc) is 3.28. The van der Waals surface area contributed by atoms with E-state index in [9.17, 15) is 19.7 Å². The normalized spacial score (nSPS) is 11.5. The second-order valence-electron chi connectivity index (χ2n) is 6.94. The fraction of sp³-hybridized carbons (Fsp3) is 0.238. The van der Waals surface area contributed by atoms with Crippen LogP contribution in [0, 0.1) is 17.0 Å². The highest BCUT2D eigenvalue weighted by Gasteiger charge is 2.18.